The number of rotatable bonds is 7. The SMILES string of the molecule is O=C(NCP(=O)(O)O)c1ccccc1Nc1ccc2c(/C=C/c3ccccn3)n[nH]c2c1. The molecule has 5 N–H and O–H groups in total. The summed E-state index contributed by atoms with van der Waals surface area (Å²) in [4.78, 5) is 34.6. The van der Waals surface area contributed by atoms with Gasteiger partial charge in [0, 0.05) is 17.3 Å². The molecule has 0 fully saturated rings. The third-order valence-corrected chi connectivity index (χ3v) is 5.16. The minimum absolute atomic E-state index is 0.268. The molecule has 32 heavy (non-hydrogen) atoms. The topological polar surface area (TPSA) is 140 Å². The standard InChI is InChI=1S/C22H20N5O4P/c28-22(24-14-32(29,30)31)18-6-1-2-7-19(18)25-16-8-10-17-20(26-27-21(17)13-16)11-9-15-5-3-4-12-23-15/h1-13,25H,14H2,(H,24,28)(H,26,27)(H2,29,30,31)/b11-9+. The summed E-state index contributed by atoms with van der Waals surface area (Å²) >= 11 is 0. The molecule has 0 aliphatic rings. The lowest BCUT2D eigenvalue weighted by Gasteiger charge is -2.13. The zero-order valence-corrected chi connectivity index (χ0v) is 17.7. The number of aromatic amines is 1. The Morgan fingerprint density at radius 1 is 1.06 bits per heavy atom. The maximum Gasteiger partial charge on any atom is 0.344 e. The molecule has 0 aliphatic heterocycles. The Morgan fingerprint density at radius 3 is 2.66 bits per heavy atom. The molecule has 2 aromatic heterocycles. The van der Waals surface area contributed by atoms with Gasteiger partial charge in [-0.25, -0.2) is 0 Å². The van der Waals surface area contributed by atoms with E-state index in [9.17, 15) is 9.36 Å². The van der Waals surface area contributed by atoms with Crippen LogP contribution in [-0.4, -0.2) is 37.2 Å². The molecule has 10 heteroatoms. The van der Waals surface area contributed by atoms with Gasteiger partial charge in [0.1, 0.15) is 6.29 Å². The number of para-hydroxylation sites is 1. The van der Waals surface area contributed by atoms with Crippen molar-refractivity contribution in [2.24, 2.45) is 0 Å². The molecule has 0 aliphatic carbocycles. The Bertz CT molecular complexity index is 1330. The fourth-order valence-electron chi connectivity index (χ4n) is 3.10. The van der Waals surface area contributed by atoms with Gasteiger partial charge in [-0.15, -0.1) is 0 Å². The summed E-state index contributed by atoms with van der Waals surface area (Å²) in [6.45, 7) is 0. The first-order valence-electron chi connectivity index (χ1n) is 9.65. The highest BCUT2D eigenvalue weighted by Gasteiger charge is 2.17. The largest absolute Gasteiger partial charge is 0.355 e. The maximum atomic E-state index is 12.4. The fourth-order valence-corrected chi connectivity index (χ4v) is 3.45. The molecule has 0 spiro atoms. The lowest BCUT2D eigenvalue weighted by atomic mass is 10.1. The Labute approximate surface area is 183 Å². The molecule has 2 aromatic carbocycles. The second kappa shape index (κ2) is 9.15. The van der Waals surface area contributed by atoms with Crippen LogP contribution >= 0.6 is 7.60 Å². The number of pyridine rings is 1. The van der Waals surface area contributed by atoms with Crippen molar-refractivity contribution >= 4 is 47.9 Å². The van der Waals surface area contributed by atoms with Crippen LogP contribution < -0.4 is 10.6 Å². The first-order chi connectivity index (χ1) is 15.4. The van der Waals surface area contributed by atoms with Crippen molar-refractivity contribution in [2.75, 3.05) is 11.6 Å². The molecule has 0 atom stereocenters. The number of benzene rings is 2. The van der Waals surface area contributed by atoms with Crippen molar-refractivity contribution in [2.45, 2.75) is 0 Å². The van der Waals surface area contributed by atoms with Gasteiger partial charge in [-0.3, -0.25) is 19.4 Å². The summed E-state index contributed by atoms with van der Waals surface area (Å²) in [5, 5.41) is 13.7. The average Bonchev–Trinajstić information content (AvgIpc) is 3.19. The number of anilines is 2. The van der Waals surface area contributed by atoms with E-state index in [2.05, 4.69) is 25.8 Å². The number of hydrogen-bond acceptors (Lipinski definition) is 5. The van der Waals surface area contributed by atoms with Gasteiger partial charge >= 0.3 is 7.60 Å². The number of hydrogen-bond donors (Lipinski definition) is 5. The number of carbonyl (C=O) groups is 1. The molecule has 0 bridgehead atoms. The number of nitrogens with one attached hydrogen (secondary N) is 3. The number of amides is 1. The predicted octanol–water partition coefficient (Wildman–Crippen LogP) is 3.74. The van der Waals surface area contributed by atoms with Crippen molar-refractivity contribution in [3.63, 3.8) is 0 Å². The van der Waals surface area contributed by atoms with E-state index in [1.54, 1.807) is 30.5 Å². The van der Waals surface area contributed by atoms with E-state index < -0.39 is 19.8 Å². The van der Waals surface area contributed by atoms with Crippen LogP contribution in [0.1, 0.15) is 21.7 Å². The molecule has 2 heterocycles. The monoisotopic (exact) mass is 449 g/mol. The second-order valence-electron chi connectivity index (χ2n) is 6.96. The Morgan fingerprint density at radius 2 is 1.88 bits per heavy atom. The van der Waals surface area contributed by atoms with E-state index in [1.807, 2.05) is 48.6 Å². The van der Waals surface area contributed by atoms with Crippen molar-refractivity contribution in [1.29, 1.82) is 0 Å². The highest BCUT2D eigenvalue weighted by atomic mass is 31.2. The van der Waals surface area contributed by atoms with Crippen LogP contribution in [0.2, 0.25) is 0 Å². The van der Waals surface area contributed by atoms with Crippen LogP contribution in [0.3, 0.4) is 0 Å². The lowest BCUT2D eigenvalue weighted by molar-refractivity contribution is 0.0958. The van der Waals surface area contributed by atoms with E-state index in [1.165, 1.54) is 0 Å². The first-order valence-corrected chi connectivity index (χ1v) is 11.4. The highest BCUT2D eigenvalue weighted by Crippen LogP contribution is 2.32. The molecule has 0 saturated carbocycles. The van der Waals surface area contributed by atoms with E-state index in [4.69, 9.17) is 9.79 Å². The average molecular weight is 449 g/mol. The molecule has 0 unspecified atom stereocenters. The van der Waals surface area contributed by atoms with Gasteiger partial charge in [0.2, 0.25) is 0 Å². The Hall–Kier alpha value is -3.78. The maximum absolute atomic E-state index is 12.4. The summed E-state index contributed by atoms with van der Waals surface area (Å²) in [6, 6.07) is 18.0. The normalized spacial score (nSPS) is 11.7. The molecular weight excluding hydrogens is 429 g/mol. The molecule has 4 rings (SSSR count). The molecule has 1 amide bonds. The Kier molecular flexibility index (Phi) is 6.13. The van der Waals surface area contributed by atoms with Crippen LogP contribution in [0, 0.1) is 0 Å². The van der Waals surface area contributed by atoms with Crippen LogP contribution in [0.25, 0.3) is 23.1 Å². The number of aromatic nitrogens is 3. The van der Waals surface area contributed by atoms with Crippen molar-refractivity contribution in [1.82, 2.24) is 20.5 Å². The van der Waals surface area contributed by atoms with Crippen molar-refractivity contribution in [3.8, 4) is 0 Å². The minimum Gasteiger partial charge on any atom is -0.355 e. The minimum atomic E-state index is -4.35. The number of carbonyl (C=O) groups excluding carboxylic acids is 1. The summed E-state index contributed by atoms with van der Waals surface area (Å²) in [7, 11) is -4.35. The van der Waals surface area contributed by atoms with Gasteiger partial charge in [0.25, 0.3) is 5.91 Å². The molecule has 0 radical (unpaired) electrons. The van der Waals surface area contributed by atoms with Crippen LogP contribution in [-0.2, 0) is 4.57 Å². The number of nitrogens with zero attached hydrogens (tertiary/aromatic N) is 2. The molecule has 0 saturated heterocycles. The lowest BCUT2D eigenvalue weighted by Crippen LogP contribution is -2.25. The summed E-state index contributed by atoms with van der Waals surface area (Å²) in [5.41, 5.74) is 3.90. The van der Waals surface area contributed by atoms with Gasteiger partial charge < -0.3 is 20.4 Å². The molecular formula is C22H20N5O4P. The quantitative estimate of drug-likeness (QED) is 0.271. The van der Waals surface area contributed by atoms with Gasteiger partial charge in [-0.05, 0) is 54.6 Å². The zero-order valence-electron chi connectivity index (χ0n) is 16.8. The molecule has 9 nitrogen and oxygen atoms in total. The zero-order chi connectivity index (χ0) is 22.6. The van der Waals surface area contributed by atoms with E-state index in [0.29, 0.717) is 5.69 Å². The predicted molar refractivity (Wildman–Crippen MR) is 123 cm³/mol. The first kappa shape index (κ1) is 21.5. The third-order valence-electron chi connectivity index (χ3n) is 4.59. The highest BCUT2D eigenvalue weighted by molar-refractivity contribution is 7.51. The number of H-pyrrole nitrogens is 1. The summed E-state index contributed by atoms with van der Waals surface area (Å²) < 4.78 is 11.0. The van der Waals surface area contributed by atoms with Gasteiger partial charge in [-0.2, -0.15) is 5.10 Å². The third kappa shape index (κ3) is 5.28. The summed E-state index contributed by atoms with van der Waals surface area (Å²) in [5.74, 6) is -0.582. The van der Waals surface area contributed by atoms with Gasteiger partial charge in [0.05, 0.1) is 28.2 Å². The van der Waals surface area contributed by atoms with Crippen LogP contribution in [0.15, 0.2) is 66.9 Å². The van der Waals surface area contributed by atoms with Gasteiger partial charge in [-0.1, -0.05) is 18.2 Å². The van der Waals surface area contributed by atoms with E-state index in [-0.39, 0.29) is 5.56 Å². The number of fused-ring (bicyclic) bond motifs is 1. The van der Waals surface area contributed by atoms with E-state index >= 15 is 0 Å². The second-order valence-corrected chi connectivity index (χ2v) is 8.60. The Balaban J connectivity index is 1.54. The van der Waals surface area contributed by atoms with E-state index in [0.717, 1.165) is 28.0 Å². The van der Waals surface area contributed by atoms with Crippen LogP contribution in [0.4, 0.5) is 11.4 Å². The summed E-state index contributed by atoms with van der Waals surface area (Å²) in [6.07, 6.45) is 4.77. The molecule has 4 aromatic rings. The van der Waals surface area contributed by atoms with Crippen molar-refractivity contribution in [3.05, 3.63) is 83.8 Å². The van der Waals surface area contributed by atoms with Crippen LogP contribution in [0.5, 0.6) is 0 Å². The fraction of sp³-hybridized carbons (Fsp3) is 0.0455. The molecule has 162 valence electrons. The van der Waals surface area contributed by atoms with Crippen molar-refractivity contribution < 1.29 is 19.1 Å². The smallest absolute Gasteiger partial charge is 0.344 e. The van der Waals surface area contributed by atoms with Gasteiger partial charge in [0.15, 0.2) is 0 Å².